The van der Waals surface area contributed by atoms with Crippen molar-refractivity contribution in [3.05, 3.63) is 83.2 Å². The van der Waals surface area contributed by atoms with Gasteiger partial charge in [-0.15, -0.1) is 0 Å². The number of carbonyl (C=O) groups is 2. The molecule has 2 aromatic carbocycles. The van der Waals surface area contributed by atoms with E-state index in [2.05, 4.69) is 15.3 Å². The number of amides is 1. The highest BCUT2D eigenvalue weighted by Crippen LogP contribution is 2.25. The van der Waals surface area contributed by atoms with Crippen LogP contribution in [0, 0.1) is 5.82 Å². The number of hydrogen-bond acceptors (Lipinski definition) is 5. The zero-order valence-electron chi connectivity index (χ0n) is 13.1. The average Bonchev–Trinajstić information content (AvgIpc) is 2.62. The summed E-state index contributed by atoms with van der Waals surface area (Å²) in [5.74, 6) is -1.93. The molecule has 0 radical (unpaired) electrons. The first-order chi connectivity index (χ1) is 12.5. The maximum Gasteiger partial charge on any atom is 0.363 e. The Labute approximate surface area is 152 Å². The monoisotopic (exact) mass is 371 g/mol. The van der Waals surface area contributed by atoms with Gasteiger partial charge in [0.1, 0.15) is 11.6 Å². The third kappa shape index (κ3) is 4.20. The minimum Gasteiger partial charge on any atom is -0.421 e. The molecule has 0 aliphatic carbocycles. The van der Waals surface area contributed by atoms with Crippen molar-refractivity contribution in [3.8, 4) is 5.75 Å². The van der Waals surface area contributed by atoms with Crippen molar-refractivity contribution in [2.45, 2.75) is 0 Å². The largest absolute Gasteiger partial charge is 0.421 e. The zero-order valence-corrected chi connectivity index (χ0v) is 13.9. The standard InChI is InChI=1S/C18H11ClFN3O3/c19-11-4-5-14(17(24)23-13-3-1-2-12(20)9-13)16(8-11)26-18(25)15-10-21-6-7-22-15/h1-10H,(H,23,24). The number of carbonyl (C=O) groups excluding carboxylic acids is 2. The quantitative estimate of drug-likeness (QED) is 0.558. The van der Waals surface area contributed by atoms with Gasteiger partial charge in [-0.25, -0.2) is 14.2 Å². The second kappa shape index (κ2) is 7.71. The molecule has 0 saturated carbocycles. The van der Waals surface area contributed by atoms with Crippen LogP contribution in [0.5, 0.6) is 5.75 Å². The number of nitrogens with one attached hydrogen (secondary N) is 1. The van der Waals surface area contributed by atoms with Crippen LogP contribution < -0.4 is 10.1 Å². The van der Waals surface area contributed by atoms with Gasteiger partial charge in [-0.1, -0.05) is 17.7 Å². The number of hydrogen-bond donors (Lipinski definition) is 1. The van der Waals surface area contributed by atoms with Crippen LogP contribution in [0.4, 0.5) is 10.1 Å². The van der Waals surface area contributed by atoms with Crippen molar-refractivity contribution in [2.24, 2.45) is 0 Å². The summed E-state index contributed by atoms with van der Waals surface area (Å²) in [6.07, 6.45) is 3.99. The molecular formula is C18H11ClFN3O3. The van der Waals surface area contributed by atoms with E-state index in [0.717, 1.165) is 0 Å². The number of halogens is 2. The van der Waals surface area contributed by atoms with Crippen LogP contribution in [0.2, 0.25) is 5.02 Å². The number of ether oxygens (including phenoxy) is 1. The van der Waals surface area contributed by atoms with Crippen molar-refractivity contribution < 1.29 is 18.7 Å². The molecule has 8 heteroatoms. The Kier molecular flexibility index (Phi) is 5.19. The van der Waals surface area contributed by atoms with Crippen molar-refractivity contribution >= 4 is 29.2 Å². The van der Waals surface area contributed by atoms with Crippen molar-refractivity contribution in [1.82, 2.24) is 9.97 Å². The Hall–Kier alpha value is -3.32. The molecule has 0 atom stereocenters. The van der Waals surface area contributed by atoms with Crippen molar-refractivity contribution in [2.75, 3.05) is 5.32 Å². The van der Waals surface area contributed by atoms with Gasteiger partial charge in [-0.3, -0.25) is 9.78 Å². The lowest BCUT2D eigenvalue weighted by Gasteiger charge is -2.11. The van der Waals surface area contributed by atoms with Crippen LogP contribution in [-0.2, 0) is 0 Å². The van der Waals surface area contributed by atoms with Gasteiger partial charge >= 0.3 is 5.97 Å². The molecule has 130 valence electrons. The Morgan fingerprint density at radius 1 is 1.12 bits per heavy atom. The van der Waals surface area contributed by atoms with E-state index >= 15 is 0 Å². The second-order valence-electron chi connectivity index (χ2n) is 5.09. The summed E-state index contributed by atoms with van der Waals surface area (Å²) >= 11 is 5.93. The van der Waals surface area contributed by atoms with E-state index in [0.29, 0.717) is 0 Å². The van der Waals surface area contributed by atoms with Crippen LogP contribution in [-0.4, -0.2) is 21.8 Å². The van der Waals surface area contributed by atoms with Gasteiger partial charge in [0.15, 0.2) is 5.69 Å². The second-order valence-corrected chi connectivity index (χ2v) is 5.52. The van der Waals surface area contributed by atoms with Crippen molar-refractivity contribution in [3.63, 3.8) is 0 Å². The maximum atomic E-state index is 13.3. The van der Waals surface area contributed by atoms with Crippen LogP contribution in [0.15, 0.2) is 61.1 Å². The minimum atomic E-state index is -0.792. The van der Waals surface area contributed by atoms with Gasteiger partial charge in [0.25, 0.3) is 5.91 Å². The molecular weight excluding hydrogens is 361 g/mol. The highest BCUT2D eigenvalue weighted by atomic mass is 35.5. The molecule has 0 saturated heterocycles. The van der Waals surface area contributed by atoms with E-state index in [1.54, 1.807) is 0 Å². The molecule has 0 unspecified atom stereocenters. The molecule has 0 aliphatic heterocycles. The Morgan fingerprint density at radius 3 is 2.69 bits per heavy atom. The highest BCUT2D eigenvalue weighted by molar-refractivity contribution is 6.31. The van der Waals surface area contributed by atoms with E-state index in [1.165, 1.54) is 61.1 Å². The molecule has 1 N–H and O–H groups in total. The molecule has 26 heavy (non-hydrogen) atoms. The SMILES string of the molecule is O=C(Oc1cc(Cl)ccc1C(=O)Nc1cccc(F)c1)c1cnccn1. The molecule has 0 aliphatic rings. The predicted molar refractivity (Wildman–Crippen MR) is 92.8 cm³/mol. The third-order valence-corrected chi connectivity index (χ3v) is 3.48. The van der Waals surface area contributed by atoms with Gasteiger partial charge < -0.3 is 10.1 Å². The number of aromatic nitrogens is 2. The fourth-order valence-corrected chi connectivity index (χ4v) is 2.25. The number of esters is 1. The van der Waals surface area contributed by atoms with E-state index in [1.807, 2.05) is 0 Å². The summed E-state index contributed by atoms with van der Waals surface area (Å²) in [7, 11) is 0. The molecule has 1 heterocycles. The number of benzene rings is 2. The summed E-state index contributed by atoms with van der Waals surface area (Å²) < 4.78 is 18.5. The summed E-state index contributed by atoms with van der Waals surface area (Å²) in [6, 6.07) is 9.61. The lowest BCUT2D eigenvalue weighted by atomic mass is 10.1. The average molecular weight is 372 g/mol. The lowest BCUT2D eigenvalue weighted by Crippen LogP contribution is -2.17. The highest BCUT2D eigenvalue weighted by Gasteiger charge is 2.18. The van der Waals surface area contributed by atoms with Gasteiger partial charge in [0, 0.05) is 29.2 Å². The third-order valence-electron chi connectivity index (χ3n) is 3.25. The van der Waals surface area contributed by atoms with E-state index in [4.69, 9.17) is 16.3 Å². The van der Waals surface area contributed by atoms with Crippen LogP contribution >= 0.6 is 11.6 Å². The minimum absolute atomic E-state index is 0.0241. The first-order valence-electron chi connectivity index (χ1n) is 7.37. The smallest absolute Gasteiger partial charge is 0.363 e. The van der Waals surface area contributed by atoms with E-state index in [9.17, 15) is 14.0 Å². The summed E-state index contributed by atoms with van der Waals surface area (Å²) in [5.41, 5.74) is 0.288. The Morgan fingerprint density at radius 2 is 1.96 bits per heavy atom. The predicted octanol–water partition coefficient (Wildman–Crippen LogP) is 3.74. The lowest BCUT2D eigenvalue weighted by molar-refractivity contribution is 0.0726. The molecule has 0 bridgehead atoms. The maximum absolute atomic E-state index is 13.3. The first kappa shape index (κ1) is 17.5. The number of anilines is 1. The zero-order chi connectivity index (χ0) is 18.5. The van der Waals surface area contributed by atoms with Crippen molar-refractivity contribution in [1.29, 1.82) is 0 Å². The number of nitrogens with zero attached hydrogens (tertiary/aromatic N) is 2. The van der Waals surface area contributed by atoms with E-state index < -0.39 is 17.7 Å². The van der Waals surface area contributed by atoms with Crippen LogP contribution in [0.25, 0.3) is 0 Å². The molecule has 1 amide bonds. The summed E-state index contributed by atoms with van der Waals surface area (Å²) in [4.78, 5) is 32.3. The Balaban J connectivity index is 1.85. The van der Waals surface area contributed by atoms with Crippen LogP contribution in [0.3, 0.4) is 0 Å². The topological polar surface area (TPSA) is 81.2 Å². The molecule has 6 nitrogen and oxygen atoms in total. The molecule has 0 spiro atoms. The molecule has 0 fully saturated rings. The normalized spacial score (nSPS) is 10.2. The summed E-state index contributed by atoms with van der Waals surface area (Å²) in [5, 5.41) is 2.80. The van der Waals surface area contributed by atoms with Gasteiger partial charge in [-0.2, -0.15) is 0 Å². The van der Waals surface area contributed by atoms with Crippen LogP contribution in [0.1, 0.15) is 20.8 Å². The molecule has 3 aromatic rings. The summed E-state index contributed by atoms with van der Waals surface area (Å²) in [6.45, 7) is 0. The molecule has 1 aromatic heterocycles. The fraction of sp³-hybridized carbons (Fsp3) is 0. The Bertz CT molecular complexity index is 967. The first-order valence-corrected chi connectivity index (χ1v) is 7.75. The van der Waals surface area contributed by atoms with E-state index in [-0.39, 0.29) is 27.7 Å². The molecule has 3 rings (SSSR count). The number of rotatable bonds is 4. The van der Waals surface area contributed by atoms with Gasteiger partial charge in [-0.05, 0) is 30.3 Å². The fourth-order valence-electron chi connectivity index (χ4n) is 2.09. The van der Waals surface area contributed by atoms with Gasteiger partial charge in [0.2, 0.25) is 0 Å². The van der Waals surface area contributed by atoms with Gasteiger partial charge in [0.05, 0.1) is 11.8 Å².